The number of hydrogen-bond acceptors (Lipinski definition) is 0. The SMILES string of the molecule is c1ccc2[nH]ccc2c1.c1ccc2c[nH]cc2c1.c1ccn2cccc2c1. The highest BCUT2D eigenvalue weighted by Crippen LogP contribution is 2.10. The zero-order valence-electron chi connectivity index (χ0n) is 14.9. The van der Waals surface area contributed by atoms with Crippen LogP contribution in [0, 0.1) is 0 Å². The minimum atomic E-state index is 1.21. The van der Waals surface area contributed by atoms with Crippen LogP contribution in [0.1, 0.15) is 0 Å². The normalized spacial score (nSPS) is 10.2. The zero-order valence-corrected chi connectivity index (χ0v) is 14.9. The monoisotopic (exact) mass is 351 g/mol. The van der Waals surface area contributed by atoms with Crippen LogP contribution >= 0.6 is 0 Å². The summed E-state index contributed by atoms with van der Waals surface area (Å²) >= 11 is 0. The molecule has 2 N–H and O–H groups in total. The second kappa shape index (κ2) is 8.11. The summed E-state index contributed by atoms with van der Waals surface area (Å²) in [5, 5.41) is 3.83. The summed E-state index contributed by atoms with van der Waals surface area (Å²) in [6.45, 7) is 0. The zero-order chi connectivity index (χ0) is 18.3. The number of nitrogens with zero attached hydrogens (tertiary/aromatic N) is 1. The van der Waals surface area contributed by atoms with E-state index in [0.717, 1.165) is 0 Å². The summed E-state index contributed by atoms with van der Waals surface area (Å²) in [6, 6.07) is 28.8. The third kappa shape index (κ3) is 4.10. The van der Waals surface area contributed by atoms with Gasteiger partial charge in [0.05, 0.1) is 0 Å². The predicted octanol–water partition coefficient (Wildman–Crippen LogP) is 6.28. The molecule has 0 aliphatic rings. The molecule has 3 heteroatoms. The fourth-order valence-corrected chi connectivity index (χ4v) is 2.97. The molecular weight excluding hydrogens is 330 g/mol. The van der Waals surface area contributed by atoms with Gasteiger partial charge < -0.3 is 14.4 Å². The van der Waals surface area contributed by atoms with Gasteiger partial charge in [0, 0.05) is 42.0 Å². The number of pyridine rings is 1. The molecule has 4 aromatic heterocycles. The standard InChI is InChI=1S/3C8H7N/c1-2-6-9-7-3-5-8(9)4-1;1-2-4-8-6-9-5-7(8)3-1;1-2-4-8-7(3-1)5-6-9-8/h1-7H;2*1-6,9H. The molecule has 0 fully saturated rings. The highest BCUT2D eigenvalue weighted by Gasteiger charge is 1.87. The Morgan fingerprint density at radius 2 is 1.19 bits per heavy atom. The minimum Gasteiger partial charge on any atom is -0.366 e. The Balaban J connectivity index is 0.0000001000. The highest BCUT2D eigenvalue weighted by molar-refractivity contribution is 5.81. The van der Waals surface area contributed by atoms with Gasteiger partial charge >= 0.3 is 0 Å². The maximum Gasteiger partial charge on any atom is 0.0453 e. The van der Waals surface area contributed by atoms with E-state index in [9.17, 15) is 0 Å². The molecule has 0 aliphatic heterocycles. The minimum absolute atomic E-state index is 1.21. The number of aromatic amines is 2. The molecule has 2 aromatic carbocycles. The Bertz CT molecular complexity index is 993. The van der Waals surface area contributed by atoms with E-state index >= 15 is 0 Å². The van der Waals surface area contributed by atoms with Gasteiger partial charge in [-0.25, -0.2) is 0 Å². The van der Waals surface area contributed by atoms with Crippen molar-refractivity contribution in [2.75, 3.05) is 0 Å². The molecule has 0 atom stereocenters. The van der Waals surface area contributed by atoms with E-state index in [1.165, 1.54) is 27.2 Å². The van der Waals surface area contributed by atoms with Gasteiger partial charge in [-0.1, -0.05) is 48.5 Å². The molecule has 0 amide bonds. The van der Waals surface area contributed by atoms with Crippen molar-refractivity contribution in [3.05, 3.63) is 116 Å². The van der Waals surface area contributed by atoms with Crippen molar-refractivity contribution in [2.24, 2.45) is 0 Å². The first-order valence-electron chi connectivity index (χ1n) is 8.95. The Hall–Kier alpha value is -3.72. The first-order valence-corrected chi connectivity index (χ1v) is 8.95. The van der Waals surface area contributed by atoms with E-state index in [-0.39, 0.29) is 0 Å². The Labute approximate surface area is 157 Å². The van der Waals surface area contributed by atoms with Crippen LogP contribution in [0.4, 0.5) is 0 Å². The topological polar surface area (TPSA) is 36.0 Å². The van der Waals surface area contributed by atoms with Crippen LogP contribution in [-0.4, -0.2) is 14.4 Å². The number of benzene rings is 2. The molecule has 0 spiro atoms. The number of para-hydroxylation sites is 1. The lowest BCUT2D eigenvalue weighted by atomic mass is 10.2. The summed E-state index contributed by atoms with van der Waals surface area (Å²) < 4.78 is 2.08. The maximum absolute atomic E-state index is 3.12. The molecular formula is C24H21N3. The summed E-state index contributed by atoms with van der Waals surface area (Å²) in [4.78, 5) is 6.16. The number of aromatic nitrogens is 3. The molecule has 132 valence electrons. The van der Waals surface area contributed by atoms with Gasteiger partial charge in [-0.2, -0.15) is 0 Å². The van der Waals surface area contributed by atoms with Crippen molar-refractivity contribution in [3.8, 4) is 0 Å². The Morgan fingerprint density at radius 1 is 0.556 bits per heavy atom. The molecule has 0 saturated carbocycles. The average molecular weight is 351 g/mol. The van der Waals surface area contributed by atoms with Gasteiger partial charge in [0.15, 0.2) is 0 Å². The van der Waals surface area contributed by atoms with Gasteiger partial charge in [0.25, 0.3) is 0 Å². The third-order valence-corrected chi connectivity index (χ3v) is 4.37. The number of hydrogen-bond donors (Lipinski definition) is 2. The molecule has 0 unspecified atom stereocenters. The summed E-state index contributed by atoms with van der Waals surface area (Å²) in [7, 11) is 0. The molecule has 0 saturated heterocycles. The summed E-state index contributed by atoms with van der Waals surface area (Å²) in [6.07, 6.45) is 10.0. The van der Waals surface area contributed by atoms with Crippen molar-refractivity contribution in [2.45, 2.75) is 0 Å². The van der Waals surface area contributed by atoms with Crippen molar-refractivity contribution < 1.29 is 0 Å². The van der Waals surface area contributed by atoms with Crippen LogP contribution in [0.2, 0.25) is 0 Å². The van der Waals surface area contributed by atoms with Crippen molar-refractivity contribution >= 4 is 27.2 Å². The molecule has 3 nitrogen and oxygen atoms in total. The van der Waals surface area contributed by atoms with E-state index in [4.69, 9.17) is 0 Å². The van der Waals surface area contributed by atoms with Crippen LogP contribution in [0.25, 0.3) is 27.2 Å². The fraction of sp³-hybridized carbons (Fsp3) is 0. The van der Waals surface area contributed by atoms with E-state index in [1.54, 1.807) is 0 Å². The van der Waals surface area contributed by atoms with Gasteiger partial charge in [0.2, 0.25) is 0 Å². The maximum atomic E-state index is 3.12. The predicted molar refractivity (Wildman–Crippen MR) is 114 cm³/mol. The first-order chi connectivity index (χ1) is 13.4. The van der Waals surface area contributed by atoms with Crippen LogP contribution < -0.4 is 0 Å². The van der Waals surface area contributed by atoms with Gasteiger partial charge in [0.1, 0.15) is 0 Å². The van der Waals surface area contributed by atoms with Gasteiger partial charge in [-0.15, -0.1) is 0 Å². The van der Waals surface area contributed by atoms with Crippen LogP contribution in [0.3, 0.4) is 0 Å². The van der Waals surface area contributed by atoms with E-state index in [0.29, 0.717) is 0 Å². The molecule has 27 heavy (non-hydrogen) atoms. The molecule has 6 rings (SSSR count). The first kappa shape index (κ1) is 16.7. The number of rotatable bonds is 0. The second-order valence-corrected chi connectivity index (χ2v) is 6.19. The summed E-state index contributed by atoms with van der Waals surface area (Å²) in [5.41, 5.74) is 2.45. The van der Waals surface area contributed by atoms with Crippen LogP contribution in [-0.2, 0) is 0 Å². The highest BCUT2D eigenvalue weighted by atomic mass is 14.8. The fourth-order valence-electron chi connectivity index (χ4n) is 2.97. The number of fused-ring (bicyclic) bond motifs is 3. The van der Waals surface area contributed by atoms with Crippen LogP contribution in [0.15, 0.2) is 116 Å². The molecule has 0 bridgehead atoms. The Kier molecular flexibility index (Phi) is 5.02. The summed E-state index contributed by atoms with van der Waals surface area (Å²) in [5.74, 6) is 0. The smallest absolute Gasteiger partial charge is 0.0453 e. The van der Waals surface area contributed by atoms with Gasteiger partial charge in [-0.05, 0) is 52.6 Å². The lowest BCUT2D eigenvalue weighted by Gasteiger charge is -1.88. The average Bonchev–Trinajstić information content (AvgIpc) is 3.48. The lowest BCUT2D eigenvalue weighted by Crippen LogP contribution is -1.75. The Morgan fingerprint density at radius 3 is 1.93 bits per heavy atom. The third-order valence-electron chi connectivity index (χ3n) is 4.37. The van der Waals surface area contributed by atoms with Gasteiger partial charge in [-0.3, -0.25) is 0 Å². The number of H-pyrrole nitrogens is 2. The van der Waals surface area contributed by atoms with Crippen molar-refractivity contribution in [3.63, 3.8) is 0 Å². The largest absolute Gasteiger partial charge is 0.366 e. The molecule has 6 aromatic rings. The van der Waals surface area contributed by atoms with Crippen molar-refractivity contribution in [1.82, 2.24) is 14.4 Å². The molecule has 0 aliphatic carbocycles. The number of nitrogens with one attached hydrogen (secondary N) is 2. The van der Waals surface area contributed by atoms with Crippen LogP contribution in [0.5, 0.6) is 0 Å². The van der Waals surface area contributed by atoms with E-state index in [1.807, 2.05) is 73.4 Å². The lowest BCUT2D eigenvalue weighted by molar-refractivity contribution is 1.20. The second-order valence-electron chi connectivity index (χ2n) is 6.19. The molecule has 4 heterocycles. The van der Waals surface area contributed by atoms with Crippen molar-refractivity contribution in [1.29, 1.82) is 0 Å². The van der Waals surface area contributed by atoms with E-state index < -0.39 is 0 Å². The van der Waals surface area contributed by atoms with E-state index in [2.05, 4.69) is 56.8 Å². The quantitative estimate of drug-likeness (QED) is 0.323. The molecule has 0 radical (unpaired) electrons.